The lowest BCUT2D eigenvalue weighted by atomic mass is 10.4. The Balaban J connectivity index is 0.000000354. The van der Waals surface area contributed by atoms with Gasteiger partial charge in [0.05, 0.1) is 26.4 Å². The van der Waals surface area contributed by atoms with Crippen molar-refractivity contribution < 1.29 is 25.2 Å². The first-order valence-electron chi connectivity index (χ1n) is 5.36. The molecule has 0 heterocycles. The van der Waals surface area contributed by atoms with Crippen molar-refractivity contribution in [1.82, 2.24) is 0 Å². The maximum absolute atomic E-state index is 8.72. The molecule has 17 heavy (non-hydrogen) atoms. The monoisotopic (exact) mass is 244 g/mol. The second kappa shape index (κ2) is 11.5. The van der Waals surface area contributed by atoms with Crippen LogP contribution in [0.4, 0.5) is 0 Å². The largest absolute Gasteiger partial charge is 0.394 e. The Bertz CT molecular complexity index is 205. The van der Waals surface area contributed by atoms with Crippen molar-refractivity contribution in [2.45, 2.75) is 12.2 Å². The zero-order valence-corrected chi connectivity index (χ0v) is 9.64. The Morgan fingerprint density at radius 2 is 1.00 bits per heavy atom. The van der Waals surface area contributed by atoms with E-state index in [0.29, 0.717) is 0 Å². The number of hydrogen-bond acceptors (Lipinski definition) is 5. The molecule has 1 rings (SSSR count). The van der Waals surface area contributed by atoms with Crippen LogP contribution in [0.15, 0.2) is 36.4 Å². The minimum absolute atomic E-state index is 0.0342. The highest BCUT2D eigenvalue weighted by atomic mass is 16.5. The van der Waals surface area contributed by atoms with Gasteiger partial charge in [-0.2, -0.15) is 0 Å². The molecule has 0 aromatic heterocycles. The summed E-state index contributed by atoms with van der Waals surface area (Å²) in [6.07, 6.45) is -1.83. The van der Waals surface area contributed by atoms with Crippen LogP contribution in [0.3, 0.4) is 0 Å². The summed E-state index contributed by atoms with van der Waals surface area (Å²) in [7, 11) is 0. The van der Waals surface area contributed by atoms with Crippen molar-refractivity contribution in [2.24, 2.45) is 0 Å². The molecule has 0 spiro atoms. The smallest absolute Gasteiger partial charge is 0.100 e. The Morgan fingerprint density at radius 3 is 1.24 bits per heavy atom. The van der Waals surface area contributed by atoms with E-state index in [4.69, 9.17) is 25.2 Å². The second-order valence-corrected chi connectivity index (χ2v) is 3.36. The molecule has 98 valence electrons. The number of ether oxygens (including phenoxy) is 1. The summed E-state index contributed by atoms with van der Waals surface area (Å²) in [6.45, 7) is -0.800. The molecule has 0 aliphatic heterocycles. The van der Waals surface area contributed by atoms with Crippen molar-refractivity contribution in [1.29, 1.82) is 0 Å². The normalized spacial score (nSPS) is 13.4. The Hall–Kier alpha value is -0.980. The molecule has 0 saturated carbocycles. The van der Waals surface area contributed by atoms with E-state index in [0.717, 1.165) is 0 Å². The summed E-state index contributed by atoms with van der Waals surface area (Å²) in [4.78, 5) is 0. The lowest BCUT2D eigenvalue weighted by molar-refractivity contribution is -0.0364. The molecule has 1 aromatic rings. The molecule has 0 radical (unpaired) electrons. The summed E-state index contributed by atoms with van der Waals surface area (Å²) >= 11 is 0. The number of aliphatic hydroxyl groups excluding tert-OH is 4. The Morgan fingerprint density at radius 1 is 0.706 bits per heavy atom. The Kier molecular flexibility index (Phi) is 10.8. The van der Waals surface area contributed by atoms with Crippen molar-refractivity contribution in [2.75, 3.05) is 26.4 Å². The van der Waals surface area contributed by atoms with Gasteiger partial charge in [0, 0.05) is 0 Å². The lowest BCUT2D eigenvalue weighted by Gasteiger charge is -2.10. The molecule has 2 unspecified atom stereocenters. The van der Waals surface area contributed by atoms with Crippen LogP contribution in [0.5, 0.6) is 0 Å². The molecule has 5 heteroatoms. The predicted octanol–water partition coefficient (Wildman–Crippen LogP) is -0.604. The van der Waals surface area contributed by atoms with Gasteiger partial charge in [-0.05, 0) is 0 Å². The highest BCUT2D eigenvalue weighted by molar-refractivity contribution is 4.99. The molecular weight excluding hydrogens is 224 g/mol. The van der Waals surface area contributed by atoms with Crippen LogP contribution in [0.1, 0.15) is 0 Å². The maximum Gasteiger partial charge on any atom is 0.100 e. The first-order valence-corrected chi connectivity index (χ1v) is 5.36. The van der Waals surface area contributed by atoms with Gasteiger partial charge in [-0.25, -0.2) is 0 Å². The minimum atomic E-state index is -0.916. The van der Waals surface area contributed by atoms with Gasteiger partial charge in [0.2, 0.25) is 0 Å². The molecule has 0 aliphatic rings. The summed E-state index contributed by atoms with van der Waals surface area (Å²) in [5.41, 5.74) is 0. The predicted molar refractivity (Wildman–Crippen MR) is 63.4 cm³/mol. The van der Waals surface area contributed by atoms with Gasteiger partial charge in [-0.3, -0.25) is 0 Å². The van der Waals surface area contributed by atoms with E-state index in [2.05, 4.69) is 0 Å². The van der Waals surface area contributed by atoms with E-state index in [9.17, 15) is 0 Å². The quantitative estimate of drug-likeness (QED) is 0.536. The third kappa shape index (κ3) is 11.3. The van der Waals surface area contributed by atoms with Crippen LogP contribution < -0.4 is 0 Å². The second-order valence-electron chi connectivity index (χ2n) is 3.36. The summed E-state index contributed by atoms with van der Waals surface area (Å²) in [5.74, 6) is 0. The molecule has 0 aliphatic carbocycles. The lowest BCUT2D eigenvalue weighted by Crippen LogP contribution is -2.25. The van der Waals surface area contributed by atoms with E-state index in [-0.39, 0.29) is 26.4 Å². The van der Waals surface area contributed by atoms with E-state index in [1.165, 1.54) is 0 Å². The van der Waals surface area contributed by atoms with Crippen LogP contribution in [-0.4, -0.2) is 59.1 Å². The van der Waals surface area contributed by atoms with E-state index in [1.807, 2.05) is 36.4 Å². The summed E-state index contributed by atoms with van der Waals surface area (Å²) in [5, 5.41) is 34.1. The maximum atomic E-state index is 8.72. The number of benzene rings is 1. The first-order chi connectivity index (χ1) is 8.20. The molecule has 1 aromatic carbocycles. The zero-order chi connectivity index (χ0) is 12.9. The van der Waals surface area contributed by atoms with Crippen molar-refractivity contribution in [3.8, 4) is 0 Å². The molecule has 0 saturated heterocycles. The van der Waals surface area contributed by atoms with Crippen LogP contribution in [0.2, 0.25) is 0 Å². The van der Waals surface area contributed by atoms with Crippen LogP contribution in [0, 0.1) is 0 Å². The van der Waals surface area contributed by atoms with Crippen molar-refractivity contribution in [3.63, 3.8) is 0 Å². The van der Waals surface area contributed by atoms with Gasteiger partial charge in [0.15, 0.2) is 0 Å². The van der Waals surface area contributed by atoms with E-state index < -0.39 is 12.2 Å². The molecule has 2 atom stereocenters. The molecule has 4 N–H and O–H groups in total. The van der Waals surface area contributed by atoms with E-state index in [1.54, 1.807) is 0 Å². The fraction of sp³-hybridized carbons (Fsp3) is 0.500. The summed E-state index contributed by atoms with van der Waals surface area (Å²) in [6, 6.07) is 12.0. The van der Waals surface area contributed by atoms with Crippen LogP contribution >= 0.6 is 0 Å². The van der Waals surface area contributed by atoms with E-state index >= 15 is 0 Å². The molecule has 0 bridgehead atoms. The average molecular weight is 244 g/mol. The number of rotatable bonds is 6. The van der Waals surface area contributed by atoms with Crippen molar-refractivity contribution >= 4 is 0 Å². The van der Waals surface area contributed by atoms with Crippen LogP contribution in [0.25, 0.3) is 0 Å². The highest BCUT2D eigenvalue weighted by Crippen LogP contribution is 1.87. The SMILES string of the molecule is OCC(O)COCC(O)CO.c1ccccc1. The molecule has 0 fully saturated rings. The highest BCUT2D eigenvalue weighted by Gasteiger charge is 2.04. The van der Waals surface area contributed by atoms with Crippen molar-refractivity contribution in [3.05, 3.63) is 36.4 Å². The van der Waals surface area contributed by atoms with Gasteiger partial charge in [0.1, 0.15) is 12.2 Å². The third-order valence-electron chi connectivity index (χ3n) is 1.71. The topological polar surface area (TPSA) is 90.2 Å². The molecule has 5 nitrogen and oxygen atoms in total. The zero-order valence-electron chi connectivity index (χ0n) is 9.64. The number of hydrogen-bond donors (Lipinski definition) is 4. The fourth-order valence-corrected chi connectivity index (χ4v) is 0.830. The van der Waals surface area contributed by atoms with Gasteiger partial charge in [-0.15, -0.1) is 0 Å². The standard InChI is InChI=1S/C6H14O5.C6H6/c7-1-5(9)3-11-4-6(10)2-8;1-2-4-6-5-3-1/h5-10H,1-4H2;1-6H. The van der Waals surface area contributed by atoms with Gasteiger partial charge < -0.3 is 25.2 Å². The van der Waals surface area contributed by atoms with Crippen LogP contribution in [-0.2, 0) is 4.74 Å². The minimum Gasteiger partial charge on any atom is -0.394 e. The number of aliphatic hydroxyl groups is 4. The average Bonchev–Trinajstić information content (AvgIpc) is 2.41. The first kappa shape index (κ1) is 16.0. The Labute approximate surface area is 101 Å². The van der Waals surface area contributed by atoms with Gasteiger partial charge >= 0.3 is 0 Å². The third-order valence-corrected chi connectivity index (χ3v) is 1.71. The molecular formula is C12H20O5. The van der Waals surface area contributed by atoms with Gasteiger partial charge in [0.25, 0.3) is 0 Å². The summed E-state index contributed by atoms with van der Waals surface area (Å²) < 4.78 is 4.72. The van der Waals surface area contributed by atoms with Gasteiger partial charge in [-0.1, -0.05) is 36.4 Å². The fourth-order valence-electron chi connectivity index (χ4n) is 0.830. The molecule has 0 amide bonds.